The number of hydrogen-bond acceptors (Lipinski definition) is 8. The van der Waals surface area contributed by atoms with Crippen LogP contribution < -0.4 is 24.4 Å². The van der Waals surface area contributed by atoms with E-state index in [1.807, 2.05) is 36.4 Å². The van der Waals surface area contributed by atoms with Crippen molar-refractivity contribution in [3.63, 3.8) is 0 Å². The van der Waals surface area contributed by atoms with Crippen molar-refractivity contribution in [2.45, 2.75) is 18.8 Å². The highest BCUT2D eigenvalue weighted by Gasteiger charge is 2.34. The zero-order chi connectivity index (χ0) is 29.2. The zero-order valence-corrected chi connectivity index (χ0v) is 23.1. The summed E-state index contributed by atoms with van der Waals surface area (Å²) in [4.78, 5) is 26.4. The van der Waals surface area contributed by atoms with E-state index in [-0.39, 0.29) is 17.6 Å². The number of hydrogen-bond donors (Lipinski definition) is 1. The number of carbonyl (C=O) groups excluding carboxylic acids is 1. The van der Waals surface area contributed by atoms with Crippen molar-refractivity contribution in [1.29, 1.82) is 0 Å². The Bertz CT molecular complexity index is 1820. The number of carbonyl (C=O) groups is 1. The number of rotatable bonds is 8. The summed E-state index contributed by atoms with van der Waals surface area (Å²) in [5.74, 6) is 1.33. The number of phenolic OH excluding ortho intramolecular Hbond substituents is 1. The highest BCUT2D eigenvalue weighted by molar-refractivity contribution is 5.90. The van der Waals surface area contributed by atoms with Gasteiger partial charge in [0.25, 0.3) is 0 Å². The molecule has 212 valence electrons. The topological polar surface area (TPSA) is 104 Å². The molecule has 0 radical (unpaired) electrons. The standard InChI is InChI=1S/C34H28O8/c1-38-23-12-6-20(7-13-23)16-17-40-33-24(4-3-5-29(33)39-2)26-18-30(36)42-28-15-14-25-32(37)27(19-41-34(25)31(26)28)21-8-10-22(35)11-9-21/h3-15,19,26,35H,16-18H2,1-2H3/t26-/m0/s1. The van der Waals surface area contributed by atoms with Gasteiger partial charge in [-0.05, 0) is 53.6 Å². The molecule has 1 atom stereocenters. The first kappa shape index (κ1) is 27.0. The molecule has 0 bridgehead atoms. The summed E-state index contributed by atoms with van der Waals surface area (Å²) in [7, 11) is 3.20. The van der Waals surface area contributed by atoms with E-state index in [2.05, 4.69) is 0 Å². The van der Waals surface area contributed by atoms with Gasteiger partial charge in [-0.25, -0.2) is 0 Å². The van der Waals surface area contributed by atoms with Crippen molar-refractivity contribution in [3.05, 3.63) is 112 Å². The van der Waals surface area contributed by atoms with Gasteiger partial charge in [-0.15, -0.1) is 0 Å². The average Bonchev–Trinajstić information content (AvgIpc) is 3.01. The van der Waals surface area contributed by atoms with Crippen LogP contribution in [0, 0.1) is 0 Å². The van der Waals surface area contributed by atoms with Gasteiger partial charge < -0.3 is 28.5 Å². The summed E-state index contributed by atoms with van der Waals surface area (Å²) in [5.41, 5.74) is 3.47. The lowest BCUT2D eigenvalue weighted by Gasteiger charge is -2.27. The number of aromatic hydroxyl groups is 1. The molecule has 8 nitrogen and oxygen atoms in total. The van der Waals surface area contributed by atoms with E-state index >= 15 is 0 Å². The molecular weight excluding hydrogens is 536 g/mol. The van der Waals surface area contributed by atoms with Crippen molar-refractivity contribution in [2.24, 2.45) is 0 Å². The summed E-state index contributed by atoms with van der Waals surface area (Å²) in [5, 5.41) is 10.0. The second-order valence-electron chi connectivity index (χ2n) is 9.94. The molecule has 0 unspecified atom stereocenters. The Hall–Kier alpha value is -5.24. The Morgan fingerprint density at radius 2 is 1.69 bits per heavy atom. The van der Waals surface area contributed by atoms with Gasteiger partial charge in [0.15, 0.2) is 11.5 Å². The van der Waals surface area contributed by atoms with E-state index in [1.165, 1.54) is 18.4 Å². The highest BCUT2D eigenvalue weighted by Crippen LogP contribution is 2.47. The van der Waals surface area contributed by atoms with Crippen LogP contribution >= 0.6 is 0 Å². The molecule has 4 aromatic carbocycles. The third-order valence-electron chi connectivity index (χ3n) is 7.46. The Labute approximate surface area is 241 Å². The number of fused-ring (bicyclic) bond motifs is 3. The van der Waals surface area contributed by atoms with Crippen LogP contribution in [-0.2, 0) is 11.2 Å². The molecule has 0 saturated heterocycles. The van der Waals surface area contributed by atoms with Crippen molar-refractivity contribution < 1.29 is 33.3 Å². The lowest BCUT2D eigenvalue weighted by molar-refractivity contribution is -0.135. The highest BCUT2D eigenvalue weighted by atomic mass is 16.5. The first-order valence-corrected chi connectivity index (χ1v) is 13.5. The molecule has 42 heavy (non-hydrogen) atoms. The molecule has 0 fully saturated rings. The number of ether oxygens (including phenoxy) is 4. The lowest BCUT2D eigenvalue weighted by atomic mass is 9.84. The maximum Gasteiger partial charge on any atom is 0.312 e. The van der Waals surface area contributed by atoms with E-state index in [0.29, 0.717) is 57.9 Å². The van der Waals surface area contributed by atoms with Gasteiger partial charge in [0.1, 0.15) is 29.1 Å². The van der Waals surface area contributed by atoms with Crippen molar-refractivity contribution in [2.75, 3.05) is 20.8 Å². The largest absolute Gasteiger partial charge is 0.508 e. The Morgan fingerprint density at radius 1 is 0.905 bits per heavy atom. The Balaban J connectivity index is 1.41. The minimum atomic E-state index is -0.515. The number of benzene rings is 4. The maximum absolute atomic E-state index is 13.6. The molecule has 0 aliphatic carbocycles. The second-order valence-corrected chi connectivity index (χ2v) is 9.94. The van der Waals surface area contributed by atoms with Crippen molar-refractivity contribution in [3.8, 4) is 39.9 Å². The number of phenols is 1. The van der Waals surface area contributed by atoms with Crippen LogP contribution in [0.2, 0.25) is 0 Å². The third-order valence-corrected chi connectivity index (χ3v) is 7.46. The van der Waals surface area contributed by atoms with Gasteiger partial charge in [-0.3, -0.25) is 9.59 Å². The van der Waals surface area contributed by atoms with Gasteiger partial charge in [0.05, 0.1) is 38.2 Å². The normalized spacial score (nSPS) is 14.2. The van der Waals surface area contributed by atoms with E-state index in [1.54, 1.807) is 44.6 Å². The first-order chi connectivity index (χ1) is 20.5. The quantitative estimate of drug-likeness (QED) is 0.174. The molecule has 0 spiro atoms. The summed E-state index contributed by atoms with van der Waals surface area (Å²) in [6.07, 6.45) is 2.07. The van der Waals surface area contributed by atoms with E-state index in [9.17, 15) is 14.7 Å². The van der Waals surface area contributed by atoms with Crippen LogP contribution in [0.15, 0.2) is 94.3 Å². The maximum atomic E-state index is 13.6. The summed E-state index contributed by atoms with van der Waals surface area (Å²) >= 11 is 0. The van der Waals surface area contributed by atoms with Crippen molar-refractivity contribution >= 4 is 16.9 Å². The van der Waals surface area contributed by atoms with E-state index in [0.717, 1.165) is 16.9 Å². The predicted molar refractivity (Wildman–Crippen MR) is 157 cm³/mol. The van der Waals surface area contributed by atoms with Crippen LogP contribution in [0.25, 0.3) is 22.1 Å². The second kappa shape index (κ2) is 11.3. The number of esters is 1. The molecule has 0 amide bonds. The smallest absolute Gasteiger partial charge is 0.312 e. The number of methoxy groups -OCH3 is 2. The molecule has 5 aromatic rings. The van der Waals surface area contributed by atoms with Crippen LogP contribution in [0.5, 0.6) is 28.7 Å². The minimum absolute atomic E-state index is 0.0253. The number of para-hydroxylation sites is 1. The van der Waals surface area contributed by atoms with Crippen LogP contribution in [0.3, 0.4) is 0 Å². The van der Waals surface area contributed by atoms with Gasteiger partial charge in [-0.2, -0.15) is 0 Å². The van der Waals surface area contributed by atoms with Gasteiger partial charge in [0.2, 0.25) is 5.43 Å². The SMILES string of the molecule is COc1ccc(CCOc2c(OC)cccc2[C@@H]2CC(=O)Oc3ccc4c(=O)c(-c5ccc(O)cc5)coc4c32)cc1. The molecule has 1 aromatic heterocycles. The molecule has 8 heteroatoms. The molecule has 6 rings (SSSR count). The first-order valence-electron chi connectivity index (χ1n) is 13.5. The summed E-state index contributed by atoms with van der Waals surface area (Å²) in [6.45, 7) is 0.365. The fourth-order valence-electron chi connectivity index (χ4n) is 5.35. The molecule has 2 heterocycles. The molecular formula is C34H28O8. The Morgan fingerprint density at radius 3 is 2.43 bits per heavy atom. The molecule has 1 aliphatic heterocycles. The fraction of sp³-hybridized carbons (Fsp3) is 0.176. The molecule has 0 saturated carbocycles. The predicted octanol–water partition coefficient (Wildman–Crippen LogP) is 6.25. The van der Waals surface area contributed by atoms with Gasteiger partial charge in [0, 0.05) is 23.5 Å². The minimum Gasteiger partial charge on any atom is -0.508 e. The van der Waals surface area contributed by atoms with Crippen molar-refractivity contribution in [1.82, 2.24) is 0 Å². The Kier molecular flexibility index (Phi) is 7.27. The van der Waals surface area contributed by atoms with E-state index in [4.69, 9.17) is 23.4 Å². The van der Waals surface area contributed by atoms with Crippen LogP contribution in [0.1, 0.15) is 29.0 Å². The lowest BCUT2D eigenvalue weighted by Crippen LogP contribution is -2.22. The fourth-order valence-corrected chi connectivity index (χ4v) is 5.35. The van der Waals surface area contributed by atoms with E-state index < -0.39 is 11.9 Å². The van der Waals surface area contributed by atoms with Gasteiger partial charge in [-0.1, -0.05) is 36.4 Å². The molecule has 1 aliphatic rings. The third kappa shape index (κ3) is 5.03. The van der Waals surface area contributed by atoms with Gasteiger partial charge >= 0.3 is 5.97 Å². The monoisotopic (exact) mass is 564 g/mol. The summed E-state index contributed by atoms with van der Waals surface area (Å²) < 4.78 is 28.9. The van der Waals surface area contributed by atoms with Crippen LogP contribution in [-0.4, -0.2) is 31.9 Å². The summed E-state index contributed by atoms with van der Waals surface area (Å²) in [6, 6.07) is 22.9. The van der Waals surface area contributed by atoms with Crippen LogP contribution in [0.4, 0.5) is 0 Å². The zero-order valence-electron chi connectivity index (χ0n) is 23.1. The average molecular weight is 565 g/mol. The molecule has 1 N–H and O–H groups in total.